The molecule has 0 bridgehead atoms. The van der Waals surface area contributed by atoms with Crippen molar-refractivity contribution in [3.05, 3.63) is 61.8 Å². The summed E-state index contributed by atoms with van der Waals surface area (Å²) < 4.78 is 1.20. The number of aromatic nitrogens is 4. The van der Waals surface area contributed by atoms with E-state index in [0.717, 1.165) is 5.56 Å². The van der Waals surface area contributed by atoms with E-state index in [0.29, 0.717) is 5.52 Å². The second-order valence-corrected chi connectivity index (χ2v) is 5.46. The molecule has 2 aromatic heterocycles. The van der Waals surface area contributed by atoms with Gasteiger partial charge in [-0.3, -0.25) is 9.59 Å². The summed E-state index contributed by atoms with van der Waals surface area (Å²) in [5, 5.41) is 4.09. The van der Waals surface area contributed by atoms with Gasteiger partial charge in [0.1, 0.15) is 5.52 Å². The van der Waals surface area contributed by atoms with Gasteiger partial charge in [0.05, 0.1) is 12.4 Å². The number of anilines is 1. The van der Waals surface area contributed by atoms with E-state index in [9.17, 15) is 9.59 Å². The predicted molar refractivity (Wildman–Crippen MR) is 92.5 cm³/mol. The van der Waals surface area contributed by atoms with Crippen LogP contribution in [0, 0.1) is 13.8 Å². The van der Waals surface area contributed by atoms with Gasteiger partial charge in [-0.2, -0.15) is 10.1 Å². The molecule has 0 saturated carbocycles. The molecule has 0 unspecified atom stereocenters. The van der Waals surface area contributed by atoms with Crippen molar-refractivity contribution in [1.82, 2.24) is 19.5 Å². The zero-order chi connectivity index (χ0) is 17.3. The average Bonchev–Trinajstić information content (AvgIpc) is 2.56. The fourth-order valence-corrected chi connectivity index (χ4v) is 2.20. The van der Waals surface area contributed by atoms with Crippen molar-refractivity contribution in [1.29, 1.82) is 0 Å². The molecule has 0 atom stereocenters. The van der Waals surface area contributed by atoms with Gasteiger partial charge in [0, 0.05) is 7.05 Å². The van der Waals surface area contributed by atoms with Crippen molar-refractivity contribution < 1.29 is 0 Å². The fraction of sp³-hybridized carbons (Fsp3) is 0.188. The van der Waals surface area contributed by atoms with Crippen LogP contribution >= 0.6 is 0 Å². The van der Waals surface area contributed by atoms with E-state index in [4.69, 9.17) is 0 Å². The number of fused-ring (bicyclic) bond motifs is 1. The fourth-order valence-electron chi connectivity index (χ4n) is 2.20. The highest BCUT2D eigenvalue weighted by Crippen LogP contribution is 2.09. The first kappa shape index (κ1) is 15.6. The number of rotatable bonds is 3. The number of H-pyrrole nitrogens is 1. The lowest BCUT2D eigenvalue weighted by Gasteiger charge is -2.04. The van der Waals surface area contributed by atoms with Gasteiger partial charge in [-0.25, -0.2) is 10.4 Å². The Hall–Kier alpha value is -3.29. The molecule has 3 aromatic rings. The third-order valence-corrected chi connectivity index (χ3v) is 3.77. The monoisotopic (exact) mass is 324 g/mol. The number of benzene rings is 1. The molecule has 24 heavy (non-hydrogen) atoms. The predicted octanol–water partition coefficient (Wildman–Crippen LogP) is 1.08. The Morgan fingerprint density at radius 3 is 2.79 bits per heavy atom. The van der Waals surface area contributed by atoms with E-state index in [-0.39, 0.29) is 11.6 Å². The summed E-state index contributed by atoms with van der Waals surface area (Å²) in [5.74, 6) is 0.219. The molecule has 0 spiro atoms. The Labute approximate surface area is 136 Å². The first-order valence-corrected chi connectivity index (χ1v) is 7.28. The van der Waals surface area contributed by atoms with Gasteiger partial charge in [-0.1, -0.05) is 18.2 Å². The summed E-state index contributed by atoms with van der Waals surface area (Å²) in [6.45, 7) is 4.08. The van der Waals surface area contributed by atoms with Crippen LogP contribution in [0.1, 0.15) is 16.7 Å². The zero-order valence-corrected chi connectivity index (χ0v) is 13.5. The minimum absolute atomic E-state index is 0.219. The summed E-state index contributed by atoms with van der Waals surface area (Å²) in [6, 6.07) is 6.01. The maximum absolute atomic E-state index is 11.6. The zero-order valence-electron chi connectivity index (χ0n) is 13.5. The Balaban J connectivity index is 1.86. The summed E-state index contributed by atoms with van der Waals surface area (Å²) >= 11 is 0. The Morgan fingerprint density at radius 2 is 2.04 bits per heavy atom. The molecule has 2 N–H and O–H groups in total. The van der Waals surface area contributed by atoms with Gasteiger partial charge in [0.25, 0.3) is 0 Å². The van der Waals surface area contributed by atoms with Crippen LogP contribution in [0.5, 0.6) is 0 Å². The molecule has 0 fully saturated rings. The largest absolute Gasteiger partial charge is 0.316 e. The SMILES string of the molecule is Cc1ccc(C=NNc2ncc3c(n2)[nH]c(=O)c(=O)n3C)cc1C. The van der Waals surface area contributed by atoms with Crippen molar-refractivity contribution in [3.8, 4) is 0 Å². The van der Waals surface area contributed by atoms with Crippen LogP contribution in [0.4, 0.5) is 5.95 Å². The molecule has 8 nitrogen and oxygen atoms in total. The molecule has 0 saturated heterocycles. The normalized spacial score (nSPS) is 11.3. The van der Waals surface area contributed by atoms with Crippen molar-refractivity contribution in [2.24, 2.45) is 12.1 Å². The van der Waals surface area contributed by atoms with Gasteiger partial charge in [0.15, 0.2) is 5.65 Å². The van der Waals surface area contributed by atoms with Gasteiger partial charge in [-0.15, -0.1) is 0 Å². The molecule has 0 aliphatic carbocycles. The highest BCUT2D eigenvalue weighted by molar-refractivity contribution is 5.80. The Kier molecular flexibility index (Phi) is 3.95. The molecule has 8 heteroatoms. The number of hydrogen-bond donors (Lipinski definition) is 2. The van der Waals surface area contributed by atoms with Gasteiger partial charge >= 0.3 is 11.1 Å². The number of hydrazone groups is 1. The molecule has 2 heterocycles. The topological polar surface area (TPSA) is 105 Å². The third kappa shape index (κ3) is 2.94. The summed E-state index contributed by atoms with van der Waals surface area (Å²) in [6.07, 6.45) is 3.11. The van der Waals surface area contributed by atoms with E-state index in [2.05, 4.69) is 25.5 Å². The van der Waals surface area contributed by atoms with Crippen LogP contribution in [0.25, 0.3) is 11.2 Å². The highest BCUT2D eigenvalue weighted by atomic mass is 16.2. The molecular formula is C16H16N6O2. The van der Waals surface area contributed by atoms with Gasteiger partial charge in [-0.05, 0) is 30.5 Å². The number of nitrogens with one attached hydrogen (secondary N) is 2. The van der Waals surface area contributed by atoms with Crippen LogP contribution < -0.4 is 16.5 Å². The molecular weight excluding hydrogens is 308 g/mol. The van der Waals surface area contributed by atoms with E-state index >= 15 is 0 Å². The average molecular weight is 324 g/mol. The molecule has 1 aromatic carbocycles. The minimum atomic E-state index is -0.728. The number of nitrogens with zero attached hydrogens (tertiary/aromatic N) is 4. The number of aromatic amines is 1. The van der Waals surface area contributed by atoms with Crippen molar-refractivity contribution in [2.75, 3.05) is 5.43 Å². The van der Waals surface area contributed by atoms with Crippen LogP contribution in [-0.2, 0) is 7.05 Å². The molecule has 0 radical (unpaired) electrons. The Morgan fingerprint density at radius 1 is 1.25 bits per heavy atom. The smallest absolute Gasteiger partial charge is 0.303 e. The van der Waals surface area contributed by atoms with Gasteiger partial charge < -0.3 is 9.55 Å². The highest BCUT2D eigenvalue weighted by Gasteiger charge is 2.06. The third-order valence-electron chi connectivity index (χ3n) is 3.77. The second kappa shape index (κ2) is 6.07. The maximum atomic E-state index is 11.6. The standard InChI is InChI=1S/C16H16N6O2/c1-9-4-5-11(6-10(9)2)7-18-21-16-17-8-12-13(20-16)19-14(23)15(24)22(12)3/h4-8H,1-3H3,(H2,17,19,20,21,23). The number of hydrogen-bond acceptors (Lipinski definition) is 6. The lowest BCUT2D eigenvalue weighted by molar-refractivity contribution is 0.863. The minimum Gasteiger partial charge on any atom is -0.303 e. The van der Waals surface area contributed by atoms with E-state index in [1.807, 2.05) is 32.0 Å². The van der Waals surface area contributed by atoms with E-state index in [1.54, 1.807) is 6.21 Å². The molecule has 3 rings (SSSR count). The summed E-state index contributed by atoms with van der Waals surface area (Å²) in [7, 11) is 1.49. The summed E-state index contributed by atoms with van der Waals surface area (Å²) in [5.41, 5.74) is 5.37. The number of aryl methyl sites for hydroxylation is 3. The van der Waals surface area contributed by atoms with E-state index in [1.165, 1.54) is 28.9 Å². The molecule has 122 valence electrons. The quantitative estimate of drug-likeness (QED) is 0.426. The summed E-state index contributed by atoms with van der Waals surface area (Å²) in [4.78, 5) is 33.8. The van der Waals surface area contributed by atoms with E-state index < -0.39 is 11.1 Å². The van der Waals surface area contributed by atoms with Crippen molar-refractivity contribution >= 4 is 23.3 Å². The molecule has 0 aliphatic heterocycles. The van der Waals surface area contributed by atoms with Crippen LogP contribution in [0.15, 0.2) is 39.1 Å². The van der Waals surface area contributed by atoms with Crippen molar-refractivity contribution in [3.63, 3.8) is 0 Å². The molecule has 0 aliphatic rings. The molecule has 0 amide bonds. The first-order valence-electron chi connectivity index (χ1n) is 7.28. The maximum Gasteiger partial charge on any atom is 0.316 e. The first-order chi connectivity index (χ1) is 11.5. The van der Waals surface area contributed by atoms with Gasteiger partial charge in [0.2, 0.25) is 5.95 Å². The lowest BCUT2D eigenvalue weighted by atomic mass is 10.1. The van der Waals surface area contributed by atoms with Crippen LogP contribution in [0.3, 0.4) is 0 Å². The van der Waals surface area contributed by atoms with Crippen LogP contribution in [0.2, 0.25) is 0 Å². The van der Waals surface area contributed by atoms with Crippen molar-refractivity contribution in [2.45, 2.75) is 13.8 Å². The second-order valence-electron chi connectivity index (χ2n) is 5.46. The Bertz CT molecular complexity index is 1060. The van der Waals surface area contributed by atoms with Crippen LogP contribution in [-0.4, -0.2) is 25.7 Å². The lowest BCUT2D eigenvalue weighted by Crippen LogP contribution is -2.35.